The van der Waals surface area contributed by atoms with Crippen molar-refractivity contribution in [3.05, 3.63) is 53.6 Å². The third kappa shape index (κ3) is 6.02. The SMILES string of the molecule is COc1ccc(S(=O)(=O)N2CCCC2)cc1CCC(=O)Nc1ccc(C(=O)N2CCCCC2)cc1. The Hall–Kier alpha value is -2.91. The van der Waals surface area contributed by atoms with Gasteiger partial charge in [-0.3, -0.25) is 9.59 Å². The van der Waals surface area contributed by atoms with E-state index in [0.29, 0.717) is 42.1 Å². The van der Waals surface area contributed by atoms with Crippen LogP contribution in [0.2, 0.25) is 0 Å². The van der Waals surface area contributed by atoms with Gasteiger partial charge in [0.25, 0.3) is 5.91 Å². The Labute approximate surface area is 207 Å². The zero-order valence-electron chi connectivity index (χ0n) is 20.2. The molecule has 2 aromatic rings. The Morgan fingerprint density at radius 3 is 2.23 bits per heavy atom. The first-order chi connectivity index (χ1) is 16.9. The molecule has 0 radical (unpaired) electrons. The number of rotatable bonds is 8. The summed E-state index contributed by atoms with van der Waals surface area (Å²) in [7, 11) is -2.02. The Kier molecular flexibility index (Phi) is 8.07. The lowest BCUT2D eigenvalue weighted by molar-refractivity contribution is -0.116. The monoisotopic (exact) mass is 499 g/mol. The highest BCUT2D eigenvalue weighted by molar-refractivity contribution is 7.89. The largest absolute Gasteiger partial charge is 0.496 e. The topological polar surface area (TPSA) is 96.0 Å². The molecule has 2 aliphatic rings. The van der Waals surface area contributed by atoms with Crippen LogP contribution in [0, 0.1) is 0 Å². The van der Waals surface area contributed by atoms with Gasteiger partial charge in [0.2, 0.25) is 15.9 Å². The van der Waals surface area contributed by atoms with Gasteiger partial charge in [0.15, 0.2) is 0 Å². The third-order valence-corrected chi connectivity index (χ3v) is 8.53. The second-order valence-corrected chi connectivity index (χ2v) is 11.0. The molecule has 0 atom stereocenters. The number of piperidine rings is 1. The Morgan fingerprint density at radius 2 is 1.57 bits per heavy atom. The van der Waals surface area contributed by atoms with Gasteiger partial charge in [0, 0.05) is 43.9 Å². The average molecular weight is 500 g/mol. The lowest BCUT2D eigenvalue weighted by Gasteiger charge is -2.26. The molecule has 4 rings (SSSR count). The smallest absolute Gasteiger partial charge is 0.253 e. The number of methoxy groups -OCH3 is 1. The van der Waals surface area contributed by atoms with Crippen LogP contribution in [0.15, 0.2) is 47.4 Å². The summed E-state index contributed by atoms with van der Waals surface area (Å²) < 4.78 is 32.7. The molecule has 2 aromatic carbocycles. The molecular weight excluding hydrogens is 466 g/mol. The summed E-state index contributed by atoms with van der Waals surface area (Å²) in [6.45, 7) is 2.66. The lowest BCUT2D eigenvalue weighted by atomic mass is 10.1. The number of hydrogen-bond acceptors (Lipinski definition) is 5. The molecule has 0 aromatic heterocycles. The van der Waals surface area contributed by atoms with E-state index in [0.717, 1.165) is 38.8 Å². The van der Waals surface area contributed by atoms with Crippen LogP contribution < -0.4 is 10.1 Å². The molecule has 2 fully saturated rings. The van der Waals surface area contributed by atoms with Gasteiger partial charge in [-0.1, -0.05) is 0 Å². The molecule has 2 aliphatic heterocycles. The predicted molar refractivity (Wildman–Crippen MR) is 134 cm³/mol. The van der Waals surface area contributed by atoms with E-state index in [4.69, 9.17) is 4.74 Å². The van der Waals surface area contributed by atoms with Crippen molar-refractivity contribution in [2.24, 2.45) is 0 Å². The second kappa shape index (κ2) is 11.2. The van der Waals surface area contributed by atoms with Crippen LogP contribution in [0.25, 0.3) is 0 Å². The van der Waals surface area contributed by atoms with Crippen LogP contribution in [-0.2, 0) is 21.2 Å². The molecule has 2 amide bonds. The Morgan fingerprint density at radius 1 is 0.914 bits per heavy atom. The summed E-state index contributed by atoms with van der Waals surface area (Å²) in [5.74, 6) is 0.382. The highest BCUT2D eigenvalue weighted by Crippen LogP contribution is 2.27. The molecule has 8 nitrogen and oxygen atoms in total. The minimum absolute atomic E-state index is 0.0263. The number of nitrogens with one attached hydrogen (secondary N) is 1. The van der Waals surface area contributed by atoms with Crippen LogP contribution in [-0.4, -0.2) is 62.7 Å². The number of sulfonamides is 1. The van der Waals surface area contributed by atoms with Crippen molar-refractivity contribution in [2.45, 2.75) is 49.8 Å². The fraction of sp³-hybridized carbons (Fsp3) is 0.462. The van der Waals surface area contributed by atoms with Crippen molar-refractivity contribution in [1.82, 2.24) is 9.21 Å². The predicted octanol–water partition coefficient (Wildman–Crippen LogP) is 3.68. The fourth-order valence-corrected chi connectivity index (χ4v) is 6.20. The molecule has 188 valence electrons. The lowest BCUT2D eigenvalue weighted by Crippen LogP contribution is -2.35. The van der Waals surface area contributed by atoms with E-state index in [1.807, 2.05) is 4.90 Å². The number of nitrogens with zero attached hydrogens (tertiary/aromatic N) is 2. The second-order valence-electron chi connectivity index (χ2n) is 9.06. The maximum Gasteiger partial charge on any atom is 0.253 e. The van der Waals surface area contributed by atoms with E-state index < -0.39 is 10.0 Å². The van der Waals surface area contributed by atoms with Crippen LogP contribution in [0.1, 0.15) is 54.4 Å². The molecule has 2 saturated heterocycles. The van der Waals surface area contributed by atoms with Crippen LogP contribution in [0.3, 0.4) is 0 Å². The summed E-state index contributed by atoms with van der Waals surface area (Å²) in [5, 5.41) is 2.85. The minimum Gasteiger partial charge on any atom is -0.496 e. The van der Waals surface area contributed by atoms with Crippen molar-refractivity contribution in [1.29, 1.82) is 0 Å². The van der Waals surface area contributed by atoms with Gasteiger partial charge >= 0.3 is 0 Å². The normalized spacial score (nSPS) is 16.8. The maximum atomic E-state index is 12.9. The van der Waals surface area contributed by atoms with Gasteiger partial charge in [-0.25, -0.2) is 8.42 Å². The summed E-state index contributed by atoms with van der Waals surface area (Å²) in [6, 6.07) is 11.8. The van der Waals surface area contributed by atoms with E-state index in [9.17, 15) is 18.0 Å². The number of carbonyl (C=O) groups excluding carboxylic acids is 2. The van der Waals surface area contributed by atoms with Crippen LogP contribution in [0.5, 0.6) is 5.75 Å². The van der Waals surface area contributed by atoms with E-state index in [2.05, 4.69) is 5.32 Å². The highest BCUT2D eigenvalue weighted by atomic mass is 32.2. The fourth-order valence-electron chi connectivity index (χ4n) is 4.64. The number of carbonyl (C=O) groups is 2. The number of likely N-dealkylation sites (tertiary alicyclic amines) is 1. The van der Waals surface area contributed by atoms with Gasteiger partial charge in [0.1, 0.15) is 5.75 Å². The van der Waals surface area contributed by atoms with E-state index >= 15 is 0 Å². The van der Waals surface area contributed by atoms with Crippen molar-refractivity contribution in [3.63, 3.8) is 0 Å². The average Bonchev–Trinajstić information content (AvgIpc) is 3.44. The Balaban J connectivity index is 1.37. The zero-order chi connectivity index (χ0) is 24.8. The number of benzene rings is 2. The van der Waals surface area contributed by atoms with E-state index in [-0.39, 0.29) is 23.1 Å². The molecular formula is C26H33N3O5S. The maximum absolute atomic E-state index is 12.9. The quantitative estimate of drug-likeness (QED) is 0.598. The molecule has 0 unspecified atom stereocenters. The summed E-state index contributed by atoms with van der Waals surface area (Å²) in [5.41, 5.74) is 1.90. The standard InChI is InChI=1S/C26H33N3O5S/c1-34-24-13-12-23(35(32,33)29-17-5-6-18-29)19-21(24)9-14-25(30)27-22-10-7-20(8-11-22)26(31)28-15-3-2-4-16-28/h7-8,10-13,19H,2-6,9,14-18H2,1H3,(H,27,30). The molecule has 2 heterocycles. The number of aryl methyl sites for hydroxylation is 1. The number of anilines is 1. The number of ether oxygens (including phenoxy) is 1. The van der Waals surface area contributed by atoms with Gasteiger partial charge in [-0.2, -0.15) is 4.31 Å². The van der Waals surface area contributed by atoms with Gasteiger partial charge < -0.3 is 15.0 Å². The number of amides is 2. The van der Waals surface area contributed by atoms with Crippen molar-refractivity contribution >= 4 is 27.5 Å². The van der Waals surface area contributed by atoms with Gasteiger partial charge in [-0.15, -0.1) is 0 Å². The summed E-state index contributed by atoms with van der Waals surface area (Å²) in [6.07, 6.45) is 5.49. The minimum atomic E-state index is -3.55. The highest BCUT2D eigenvalue weighted by Gasteiger charge is 2.28. The van der Waals surface area contributed by atoms with Crippen LogP contribution in [0.4, 0.5) is 5.69 Å². The molecule has 0 bridgehead atoms. The van der Waals surface area contributed by atoms with Gasteiger partial charge in [0.05, 0.1) is 12.0 Å². The third-order valence-electron chi connectivity index (χ3n) is 6.63. The first-order valence-corrected chi connectivity index (χ1v) is 13.7. The van der Waals surface area contributed by atoms with E-state index in [1.165, 1.54) is 17.8 Å². The van der Waals surface area contributed by atoms with Gasteiger partial charge in [-0.05, 0) is 86.6 Å². The molecule has 0 saturated carbocycles. The Bertz CT molecular complexity index is 1150. The zero-order valence-corrected chi connectivity index (χ0v) is 21.0. The number of hydrogen-bond donors (Lipinski definition) is 1. The molecule has 9 heteroatoms. The van der Waals surface area contributed by atoms with Crippen molar-refractivity contribution in [3.8, 4) is 5.75 Å². The van der Waals surface area contributed by atoms with E-state index in [1.54, 1.807) is 42.5 Å². The first kappa shape index (κ1) is 25.2. The molecule has 0 spiro atoms. The molecule has 35 heavy (non-hydrogen) atoms. The molecule has 0 aliphatic carbocycles. The first-order valence-electron chi connectivity index (χ1n) is 12.2. The summed E-state index contributed by atoms with van der Waals surface area (Å²) >= 11 is 0. The van der Waals surface area contributed by atoms with Crippen molar-refractivity contribution in [2.75, 3.05) is 38.6 Å². The summed E-state index contributed by atoms with van der Waals surface area (Å²) in [4.78, 5) is 27.3. The van der Waals surface area contributed by atoms with Crippen molar-refractivity contribution < 1.29 is 22.7 Å². The molecule has 1 N–H and O–H groups in total. The van der Waals surface area contributed by atoms with Crippen LogP contribution >= 0.6 is 0 Å².